The summed E-state index contributed by atoms with van der Waals surface area (Å²) >= 11 is 1.50. The van der Waals surface area contributed by atoms with Gasteiger partial charge in [0.15, 0.2) is 0 Å². The molecule has 1 saturated heterocycles. The molecule has 4 nitrogen and oxygen atoms in total. The van der Waals surface area contributed by atoms with Crippen LogP contribution in [-0.2, 0) is 4.79 Å². The molecule has 2 atom stereocenters. The van der Waals surface area contributed by atoms with Crippen LogP contribution in [0.2, 0.25) is 0 Å². The highest BCUT2D eigenvalue weighted by Gasteiger charge is 2.46. The Balaban J connectivity index is 1.93. The molecule has 0 bridgehead atoms. The highest BCUT2D eigenvalue weighted by atomic mass is 32.2. The van der Waals surface area contributed by atoms with E-state index in [-0.39, 0.29) is 17.7 Å². The van der Waals surface area contributed by atoms with Gasteiger partial charge in [-0.15, -0.1) is 11.8 Å². The minimum atomic E-state index is -0.768. The van der Waals surface area contributed by atoms with Crippen LogP contribution in [0, 0.1) is 11.8 Å². The number of β-amino-alcohol motifs (C(OH)–C–C–N with tert-alkyl or cyclic N) is 1. The molecule has 0 saturated carbocycles. The fraction of sp³-hybridized carbons (Fsp3) is 0.588. The Hall–Kier alpha value is -1.20. The number of ether oxygens (including phenoxy) is 1. The molecule has 1 N–H and O–H groups in total. The number of methoxy groups -OCH3 is 1. The van der Waals surface area contributed by atoms with Crippen molar-refractivity contribution in [2.75, 3.05) is 26.0 Å². The van der Waals surface area contributed by atoms with Crippen molar-refractivity contribution in [2.24, 2.45) is 11.8 Å². The Morgan fingerprint density at radius 2 is 2.27 bits per heavy atom. The lowest BCUT2D eigenvalue weighted by Gasteiger charge is -2.30. The first-order valence-corrected chi connectivity index (χ1v) is 8.62. The van der Waals surface area contributed by atoms with Crippen molar-refractivity contribution >= 4 is 17.7 Å². The molecular weight excluding hydrogens is 298 g/mol. The van der Waals surface area contributed by atoms with Crippen LogP contribution in [0.3, 0.4) is 0 Å². The first kappa shape index (κ1) is 17.2. The fourth-order valence-electron chi connectivity index (χ4n) is 2.88. The summed E-state index contributed by atoms with van der Waals surface area (Å²) in [5.74, 6) is 1.51. The van der Waals surface area contributed by atoms with Crippen molar-refractivity contribution in [3.8, 4) is 5.75 Å². The normalized spacial score (nSPS) is 24.8. The van der Waals surface area contributed by atoms with Crippen LogP contribution >= 0.6 is 11.8 Å². The molecule has 0 aliphatic carbocycles. The number of nitrogens with zero attached hydrogens (tertiary/aromatic N) is 1. The van der Waals surface area contributed by atoms with Gasteiger partial charge in [-0.2, -0.15) is 0 Å². The van der Waals surface area contributed by atoms with Crippen molar-refractivity contribution in [2.45, 2.75) is 31.3 Å². The van der Waals surface area contributed by atoms with Gasteiger partial charge < -0.3 is 14.7 Å². The Bertz CT molecular complexity index is 534. The Morgan fingerprint density at radius 3 is 2.86 bits per heavy atom. The minimum absolute atomic E-state index is 0.0799. The molecule has 0 unspecified atom stereocenters. The maximum atomic E-state index is 12.4. The molecule has 1 fully saturated rings. The Kier molecular flexibility index (Phi) is 5.40. The van der Waals surface area contributed by atoms with Gasteiger partial charge in [-0.1, -0.05) is 26.8 Å². The summed E-state index contributed by atoms with van der Waals surface area (Å²) in [7, 11) is 1.63. The molecule has 0 spiro atoms. The van der Waals surface area contributed by atoms with E-state index in [0.717, 1.165) is 10.6 Å². The molecule has 1 aromatic rings. The zero-order valence-corrected chi connectivity index (χ0v) is 14.5. The number of aliphatic hydroxyl groups is 1. The van der Waals surface area contributed by atoms with Gasteiger partial charge in [0.2, 0.25) is 5.91 Å². The summed E-state index contributed by atoms with van der Waals surface area (Å²) < 4.78 is 5.19. The lowest BCUT2D eigenvalue weighted by atomic mass is 9.82. The fourth-order valence-corrected chi connectivity index (χ4v) is 3.73. The van der Waals surface area contributed by atoms with Gasteiger partial charge >= 0.3 is 0 Å². The van der Waals surface area contributed by atoms with Crippen LogP contribution in [-0.4, -0.2) is 47.5 Å². The van der Waals surface area contributed by atoms with Crippen LogP contribution < -0.4 is 4.74 Å². The van der Waals surface area contributed by atoms with Crippen LogP contribution in [0.25, 0.3) is 0 Å². The van der Waals surface area contributed by atoms with E-state index in [4.69, 9.17) is 4.74 Å². The van der Waals surface area contributed by atoms with E-state index in [9.17, 15) is 9.90 Å². The number of likely N-dealkylation sites (tertiary alicyclic amines) is 1. The number of hydrogen-bond donors (Lipinski definition) is 1. The minimum Gasteiger partial charge on any atom is -0.497 e. The maximum absolute atomic E-state index is 12.4. The van der Waals surface area contributed by atoms with Crippen LogP contribution in [0.5, 0.6) is 5.75 Å². The summed E-state index contributed by atoms with van der Waals surface area (Å²) in [5, 5.41) is 10.7. The van der Waals surface area contributed by atoms with Crippen molar-refractivity contribution < 1.29 is 14.6 Å². The first-order valence-electron chi connectivity index (χ1n) is 7.64. The lowest BCUT2D eigenvalue weighted by Crippen LogP contribution is -2.43. The quantitative estimate of drug-likeness (QED) is 0.847. The van der Waals surface area contributed by atoms with Gasteiger partial charge in [0.05, 0.1) is 18.5 Å². The molecule has 2 rings (SSSR count). The van der Waals surface area contributed by atoms with Gasteiger partial charge in [0, 0.05) is 23.9 Å². The molecule has 0 aromatic heterocycles. The zero-order chi connectivity index (χ0) is 16.3. The van der Waals surface area contributed by atoms with E-state index >= 15 is 0 Å². The molecule has 122 valence electrons. The number of carbonyl (C=O) groups excluding carboxylic acids is 1. The van der Waals surface area contributed by atoms with E-state index in [1.807, 2.05) is 45.0 Å². The van der Waals surface area contributed by atoms with Crippen LogP contribution in [0.1, 0.15) is 20.8 Å². The van der Waals surface area contributed by atoms with Gasteiger partial charge in [-0.05, 0) is 24.1 Å². The third kappa shape index (κ3) is 3.58. The molecule has 5 heteroatoms. The van der Waals surface area contributed by atoms with E-state index in [1.54, 1.807) is 12.0 Å². The van der Waals surface area contributed by atoms with Gasteiger partial charge in [-0.3, -0.25) is 4.79 Å². The van der Waals surface area contributed by atoms with Crippen molar-refractivity contribution in [1.82, 2.24) is 4.90 Å². The van der Waals surface area contributed by atoms with Gasteiger partial charge in [-0.25, -0.2) is 0 Å². The predicted octanol–water partition coefficient (Wildman–Crippen LogP) is 2.65. The summed E-state index contributed by atoms with van der Waals surface area (Å²) in [4.78, 5) is 15.2. The third-order valence-corrected chi connectivity index (χ3v) is 5.53. The summed E-state index contributed by atoms with van der Waals surface area (Å²) in [6.07, 6.45) is 0. The smallest absolute Gasteiger partial charge is 0.233 e. The Labute approximate surface area is 136 Å². The monoisotopic (exact) mass is 323 g/mol. The molecule has 1 aliphatic rings. The largest absolute Gasteiger partial charge is 0.497 e. The molecular formula is C17H25NO3S. The molecule has 1 amide bonds. The molecule has 0 radical (unpaired) electrons. The third-order valence-electron chi connectivity index (χ3n) is 4.55. The Morgan fingerprint density at radius 1 is 1.55 bits per heavy atom. The van der Waals surface area contributed by atoms with Crippen LogP contribution in [0.4, 0.5) is 0 Å². The number of carbonyl (C=O) groups is 1. The van der Waals surface area contributed by atoms with Gasteiger partial charge in [0.25, 0.3) is 0 Å². The van der Waals surface area contributed by atoms with E-state index in [0.29, 0.717) is 18.8 Å². The highest BCUT2D eigenvalue weighted by molar-refractivity contribution is 8.00. The molecule has 22 heavy (non-hydrogen) atoms. The lowest BCUT2D eigenvalue weighted by molar-refractivity contribution is -0.128. The average molecular weight is 323 g/mol. The number of amides is 1. The predicted molar refractivity (Wildman–Crippen MR) is 89.2 cm³/mol. The topological polar surface area (TPSA) is 49.8 Å². The van der Waals surface area contributed by atoms with Crippen molar-refractivity contribution in [3.05, 3.63) is 24.3 Å². The van der Waals surface area contributed by atoms with E-state index in [1.165, 1.54) is 11.8 Å². The zero-order valence-electron chi connectivity index (χ0n) is 13.7. The summed E-state index contributed by atoms with van der Waals surface area (Å²) in [5.41, 5.74) is -0.768. The van der Waals surface area contributed by atoms with Crippen LogP contribution in [0.15, 0.2) is 29.2 Å². The molecule has 1 heterocycles. The first-order chi connectivity index (χ1) is 10.4. The van der Waals surface area contributed by atoms with Crippen molar-refractivity contribution in [3.63, 3.8) is 0 Å². The number of hydrogen-bond acceptors (Lipinski definition) is 4. The second-order valence-corrected chi connectivity index (χ2v) is 7.34. The second-order valence-electron chi connectivity index (χ2n) is 6.29. The number of thioether (sulfide) groups is 1. The standard InChI is InChI=1S/C17H25NO3S/c1-12(2)17(20)11-18(9-13(17)3)16(19)10-22-15-7-5-6-14(8-15)21-4/h5-8,12-13,20H,9-11H2,1-4H3/t13-,17-/m0/s1. The molecule has 1 aromatic carbocycles. The maximum Gasteiger partial charge on any atom is 0.233 e. The summed E-state index contributed by atoms with van der Waals surface area (Å²) in [6.45, 7) is 7.10. The van der Waals surface area contributed by atoms with E-state index < -0.39 is 5.60 Å². The van der Waals surface area contributed by atoms with Gasteiger partial charge in [0.1, 0.15) is 5.75 Å². The highest BCUT2D eigenvalue weighted by Crippen LogP contribution is 2.34. The SMILES string of the molecule is COc1cccc(SCC(=O)N2C[C@H](C)[C@@](O)(C(C)C)C2)c1. The second kappa shape index (κ2) is 6.92. The summed E-state index contributed by atoms with van der Waals surface area (Å²) in [6, 6.07) is 7.70. The average Bonchev–Trinajstić information content (AvgIpc) is 2.82. The molecule has 1 aliphatic heterocycles. The number of benzene rings is 1. The van der Waals surface area contributed by atoms with E-state index in [2.05, 4.69) is 0 Å². The van der Waals surface area contributed by atoms with Crippen molar-refractivity contribution in [1.29, 1.82) is 0 Å². The number of rotatable bonds is 5.